The molecular formula is C48H30ClNO2. The van der Waals surface area contributed by atoms with E-state index in [9.17, 15) is 0 Å². The molecule has 0 N–H and O–H groups in total. The number of hydrogen-bond acceptors (Lipinski definition) is 3. The van der Waals surface area contributed by atoms with Crippen LogP contribution in [0.15, 0.2) is 179 Å². The quantitative estimate of drug-likeness (QED) is 0.169. The molecule has 0 saturated heterocycles. The molecule has 2 aromatic heterocycles. The highest BCUT2D eigenvalue weighted by Gasteiger charge is 2.31. The summed E-state index contributed by atoms with van der Waals surface area (Å²) < 4.78 is 12.8. The number of allylic oxidation sites excluding steroid dienone is 2. The Kier molecular flexibility index (Phi) is 7.02. The Hall–Kier alpha value is -6.55. The van der Waals surface area contributed by atoms with Crippen molar-refractivity contribution in [1.82, 2.24) is 0 Å². The smallest absolute Gasteiger partial charge is 0.136 e. The second-order valence-corrected chi connectivity index (χ2v) is 13.4. The summed E-state index contributed by atoms with van der Waals surface area (Å²) in [5.74, 6) is 0.766. The third-order valence-corrected chi connectivity index (χ3v) is 10.4. The molecule has 0 saturated carbocycles. The van der Waals surface area contributed by atoms with E-state index in [1.807, 2.05) is 60.7 Å². The first kappa shape index (κ1) is 30.3. The lowest BCUT2D eigenvalue weighted by Crippen LogP contribution is -2.13. The van der Waals surface area contributed by atoms with E-state index in [-0.39, 0.29) is 0 Å². The average Bonchev–Trinajstić information content (AvgIpc) is 3.73. The van der Waals surface area contributed by atoms with Crippen molar-refractivity contribution in [2.24, 2.45) is 0 Å². The predicted octanol–water partition coefficient (Wildman–Crippen LogP) is 14.6. The minimum absolute atomic E-state index is 0.655. The van der Waals surface area contributed by atoms with Gasteiger partial charge in [0.15, 0.2) is 0 Å². The van der Waals surface area contributed by atoms with Crippen LogP contribution in [0.1, 0.15) is 5.76 Å². The summed E-state index contributed by atoms with van der Waals surface area (Å²) in [5.41, 5.74) is 14.3. The van der Waals surface area contributed by atoms with Gasteiger partial charge in [0.05, 0.1) is 22.1 Å². The molecule has 1 aliphatic rings. The third-order valence-electron chi connectivity index (χ3n) is 10.1. The number of halogens is 1. The van der Waals surface area contributed by atoms with Gasteiger partial charge >= 0.3 is 0 Å². The van der Waals surface area contributed by atoms with Gasteiger partial charge in [0.25, 0.3) is 0 Å². The van der Waals surface area contributed by atoms with Gasteiger partial charge in [-0.15, -0.1) is 0 Å². The highest BCUT2D eigenvalue weighted by molar-refractivity contribution is 6.34. The largest absolute Gasteiger partial charge is 0.456 e. The molecule has 3 heterocycles. The molecule has 1 aliphatic heterocycles. The minimum Gasteiger partial charge on any atom is -0.456 e. The second-order valence-electron chi connectivity index (χ2n) is 13.0. The fraction of sp³-hybridized carbons (Fsp3) is 0. The van der Waals surface area contributed by atoms with Crippen molar-refractivity contribution in [2.75, 3.05) is 4.90 Å². The predicted molar refractivity (Wildman–Crippen MR) is 218 cm³/mol. The maximum atomic E-state index is 7.17. The number of fused-ring (bicyclic) bond motifs is 9. The first-order valence-electron chi connectivity index (χ1n) is 17.3. The maximum Gasteiger partial charge on any atom is 0.136 e. The van der Waals surface area contributed by atoms with Gasteiger partial charge in [-0.05, 0) is 70.8 Å². The Bertz CT molecular complexity index is 2910. The second kappa shape index (κ2) is 12.1. The van der Waals surface area contributed by atoms with Crippen LogP contribution in [0.25, 0.3) is 83.5 Å². The summed E-state index contributed by atoms with van der Waals surface area (Å²) in [7, 11) is 0. The molecule has 7 aromatic carbocycles. The van der Waals surface area contributed by atoms with Crippen LogP contribution >= 0.6 is 11.6 Å². The van der Waals surface area contributed by atoms with Gasteiger partial charge in [-0.2, -0.15) is 0 Å². The first-order valence-corrected chi connectivity index (χ1v) is 17.7. The van der Waals surface area contributed by atoms with Crippen molar-refractivity contribution in [1.29, 1.82) is 0 Å². The molecule has 246 valence electrons. The highest BCUT2D eigenvalue weighted by Crippen LogP contribution is 2.56. The normalized spacial score (nSPS) is 12.3. The monoisotopic (exact) mass is 687 g/mol. The molecule has 3 nitrogen and oxygen atoms in total. The van der Waals surface area contributed by atoms with Crippen molar-refractivity contribution in [2.45, 2.75) is 0 Å². The number of rotatable bonds is 5. The fourth-order valence-corrected chi connectivity index (χ4v) is 8.12. The number of anilines is 3. The van der Waals surface area contributed by atoms with Crippen LogP contribution in [0.2, 0.25) is 5.02 Å². The lowest BCUT2D eigenvalue weighted by Gasteiger charge is -2.30. The van der Waals surface area contributed by atoms with Crippen LogP contribution in [-0.4, -0.2) is 0 Å². The Morgan fingerprint density at radius 3 is 1.98 bits per heavy atom. The summed E-state index contributed by atoms with van der Waals surface area (Å²) >= 11 is 7.17. The van der Waals surface area contributed by atoms with Gasteiger partial charge in [0.1, 0.15) is 22.5 Å². The van der Waals surface area contributed by atoms with E-state index in [1.165, 1.54) is 0 Å². The number of hydrogen-bond donors (Lipinski definition) is 0. The maximum absolute atomic E-state index is 7.17. The number of nitrogens with zero attached hydrogens (tertiary/aromatic N) is 1. The third kappa shape index (κ3) is 4.60. The van der Waals surface area contributed by atoms with Gasteiger partial charge in [-0.25, -0.2) is 0 Å². The Labute approximate surface area is 305 Å². The summed E-state index contributed by atoms with van der Waals surface area (Å²) in [5, 5.41) is 3.90. The van der Waals surface area contributed by atoms with Gasteiger partial charge in [-0.3, -0.25) is 0 Å². The Balaban J connectivity index is 1.31. The molecule has 0 unspecified atom stereocenters. The molecule has 9 aromatic rings. The Morgan fingerprint density at radius 2 is 1.15 bits per heavy atom. The molecular weight excluding hydrogens is 658 g/mol. The van der Waals surface area contributed by atoms with Crippen molar-refractivity contribution in [3.63, 3.8) is 0 Å². The van der Waals surface area contributed by atoms with E-state index in [2.05, 4.69) is 115 Å². The van der Waals surface area contributed by atoms with Crippen LogP contribution in [0, 0.1) is 0 Å². The van der Waals surface area contributed by atoms with E-state index in [4.69, 9.17) is 20.4 Å². The van der Waals surface area contributed by atoms with E-state index < -0.39 is 0 Å². The van der Waals surface area contributed by atoms with Crippen molar-refractivity contribution in [3.8, 4) is 44.5 Å². The SMILES string of the molecule is C=C/C=C\c1oc2ccccc2c1-c1cccc2c1N(c1ccccc1Cl)c1ccc(-c3cccc4oc5ccccc5c34)cc1-c1ccccc1-2. The molecule has 10 rings (SSSR count). The van der Waals surface area contributed by atoms with Gasteiger partial charge in [-0.1, -0.05) is 140 Å². The highest BCUT2D eigenvalue weighted by atomic mass is 35.5. The summed E-state index contributed by atoms with van der Waals surface area (Å²) in [4.78, 5) is 2.34. The Morgan fingerprint density at radius 1 is 0.519 bits per heavy atom. The van der Waals surface area contributed by atoms with E-state index in [0.29, 0.717) is 5.02 Å². The zero-order valence-corrected chi connectivity index (χ0v) is 28.8. The zero-order chi connectivity index (χ0) is 34.8. The van der Waals surface area contributed by atoms with Crippen LogP contribution in [-0.2, 0) is 0 Å². The molecule has 0 amide bonds. The zero-order valence-electron chi connectivity index (χ0n) is 28.0. The van der Waals surface area contributed by atoms with Crippen LogP contribution in [0.4, 0.5) is 17.1 Å². The molecule has 0 bridgehead atoms. The fourth-order valence-electron chi connectivity index (χ4n) is 7.90. The molecule has 0 fully saturated rings. The van der Waals surface area contributed by atoms with Crippen LogP contribution < -0.4 is 4.90 Å². The van der Waals surface area contributed by atoms with Crippen molar-refractivity contribution in [3.05, 3.63) is 181 Å². The molecule has 0 atom stereocenters. The van der Waals surface area contributed by atoms with Crippen LogP contribution in [0.3, 0.4) is 0 Å². The van der Waals surface area contributed by atoms with Crippen molar-refractivity contribution >= 4 is 67.6 Å². The van der Waals surface area contributed by atoms with E-state index in [0.717, 1.165) is 100 Å². The van der Waals surface area contributed by atoms with Gasteiger partial charge in [0, 0.05) is 38.4 Å². The molecule has 0 aliphatic carbocycles. The molecule has 0 spiro atoms. The first-order chi connectivity index (χ1) is 25.7. The number of para-hydroxylation sites is 4. The van der Waals surface area contributed by atoms with Crippen LogP contribution in [0.5, 0.6) is 0 Å². The van der Waals surface area contributed by atoms with Gasteiger partial charge < -0.3 is 13.7 Å². The lowest BCUT2D eigenvalue weighted by molar-refractivity contribution is 0.605. The average molecular weight is 688 g/mol. The van der Waals surface area contributed by atoms with Gasteiger partial charge in [0.2, 0.25) is 0 Å². The summed E-state index contributed by atoms with van der Waals surface area (Å²) in [6, 6.07) is 52.9. The minimum atomic E-state index is 0.655. The lowest BCUT2D eigenvalue weighted by atomic mass is 9.90. The molecule has 52 heavy (non-hydrogen) atoms. The van der Waals surface area contributed by atoms with E-state index >= 15 is 0 Å². The summed E-state index contributed by atoms with van der Waals surface area (Å²) in [6.07, 6.45) is 5.69. The summed E-state index contributed by atoms with van der Waals surface area (Å²) in [6.45, 7) is 3.93. The standard InChI is InChI=1S/C48H30ClNO2/c1-2-3-23-44-47(36-17-7-11-25-43(36)51-44)37-20-12-19-34-32-14-4-5-15-33(32)38-29-30(27-28-40(38)50(48(34)37)41-22-9-8-21-39(41)49)31-18-13-26-45-46(31)35-16-6-10-24-42(35)52-45/h2-29H,1H2/b23-3-. The molecule has 0 radical (unpaired) electrons. The van der Waals surface area contributed by atoms with Crippen molar-refractivity contribution < 1.29 is 8.83 Å². The van der Waals surface area contributed by atoms with E-state index in [1.54, 1.807) is 6.08 Å². The number of benzene rings is 7. The number of furan rings is 2. The topological polar surface area (TPSA) is 29.5 Å². The molecule has 4 heteroatoms.